The molecule has 0 fully saturated rings. The Bertz CT molecular complexity index is 390. The lowest BCUT2D eigenvalue weighted by Crippen LogP contribution is -2.24. The van der Waals surface area contributed by atoms with Gasteiger partial charge in [0.1, 0.15) is 0 Å². The van der Waals surface area contributed by atoms with Crippen LogP contribution in [-0.4, -0.2) is 30.9 Å². The molecule has 1 aromatic rings. The predicted octanol–water partition coefficient (Wildman–Crippen LogP) is 1.86. The number of nitrogen functional groups attached to an aromatic ring is 1. The van der Waals surface area contributed by atoms with E-state index in [9.17, 15) is 4.79 Å². The molecule has 0 saturated carbocycles. The Morgan fingerprint density at radius 3 is 2.76 bits per heavy atom. The topological polar surface area (TPSA) is 58.4 Å². The Hall–Kier alpha value is -1.55. The van der Waals surface area contributed by atoms with Crippen molar-refractivity contribution >= 4 is 17.3 Å². The molecule has 0 aliphatic rings. The monoisotopic (exact) mass is 235 g/mol. The normalized spacial score (nSPS) is 10.6. The highest BCUT2D eigenvalue weighted by atomic mass is 16.1. The maximum atomic E-state index is 11.7. The van der Waals surface area contributed by atoms with Gasteiger partial charge in [-0.15, -0.1) is 0 Å². The predicted molar refractivity (Wildman–Crippen MR) is 72.0 cm³/mol. The van der Waals surface area contributed by atoms with Crippen LogP contribution in [0.5, 0.6) is 0 Å². The second-order valence-electron chi connectivity index (χ2n) is 4.27. The summed E-state index contributed by atoms with van der Waals surface area (Å²) in [6, 6.07) is 5.49. The molecule has 4 heteroatoms. The molecule has 1 rings (SSSR count). The van der Waals surface area contributed by atoms with Crippen LogP contribution in [-0.2, 0) is 4.79 Å². The van der Waals surface area contributed by atoms with Crippen molar-refractivity contribution in [3.63, 3.8) is 0 Å². The summed E-state index contributed by atoms with van der Waals surface area (Å²) in [5, 5.41) is 2.90. The fraction of sp³-hybridized carbons (Fsp3) is 0.462. The number of anilines is 2. The molecule has 0 spiro atoms. The molecular formula is C13H21N3O. The van der Waals surface area contributed by atoms with Crippen LogP contribution in [0.15, 0.2) is 18.2 Å². The lowest BCUT2D eigenvalue weighted by Gasteiger charge is -2.14. The van der Waals surface area contributed by atoms with Crippen LogP contribution in [0.2, 0.25) is 0 Å². The Kier molecular flexibility index (Phi) is 4.97. The van der Waals surface area contributed by atoms with Crippen LogP contribution in [0.3, 0.4) is 0 Å². The third-order valence-electron chi connectivity index (χ3n) is 2.78. The summed E-state index contributed by atoms with van der Waals surface area (Å²) in [7, 11) is 2.00. The molecule has 3 N–H and O–H groups in total. The SMILES string of the molecule is CCN(C)CCC(=O)Nc1ccc(N)cc1C. The number of hydrogen-bond donors (Lipinski definition) is 2. The molecule has 94 valence electrons. The Labute approximate surface area is 103 Å². The summed E-state index contributed by atoms with van der Waals surface area (Å²) < 4.78 is 0. The van der Waals surface area contributed by atoms with E-state index >= 15 is 0 Å². The zero-order valence-corrected chi connectivity index (χ0v) is 10.8. The third kappa shape index (κ3) is 4.44. The van der Waals surface area contributed by atoms with E-state index in [1.54, 1.807) is 6.07 Å². The molecule has 0 atom stereocenters. The first kappa shape index (κ1) is 13.5. The molecule has 4 nitrogen and oxygen atoms in total. The fourth-order valence-corrected chi connectivity index (χ4v) is 1.49. The molecule has 0 heterocycles. The average molecular weight is 235 g/mol. The minimum absolute atomic E-state index is 0.0400. The largest absolute Gasteiger partial charge is 0.399 e. The molecule has 0 aliphatic heterocycles. The van der Waals surface area contributed by atoms with Crippen LogP contribution >= 0.6 is 0 Å². The standard InChI is InChI=1S/C13H21N3O/c1-4-16(3)8-7-13(17)15-12-6-5-11(14)9-10(12)2/h5-6,9H,4,7-8,14H2,1-3H3,(H,15,17). The summed E-state index contributed by atoms with van der Waals surface area (Å²) in [6.45, 7) is 5.73. The molecule has 17 heavy (non-hydrogen) atoms. The van der Waals surface area contributed by atoms with Crippen molar-refractivity contribution in [2.45, 2.75) is 20.3 Å². The molecular weight excluding hydrogens is 214 g/mol. The summed E-state index contributed by atoms with van der Waals surface area (Å²) in [5.41, 5.74) is 8.19. The van der Waals surface area contributed by atoms with Crippen LogP contribution < -0.4 is 11.1 Å². The highest BCUT2D eigenvalue weighted by Crippen LogP contribution is 2.17. The van der Waals surface area contributed by atoms with E-state index in [0.29, 0.717) is 12.1 Å². The van der Waals surface area contributed by atoms with Crippen molar-refractivity contribution in [3.05, 3.63) is 23.8 Å². The summed E-state index contributed by atoms with van der Waals surface area (Å²) in [5.74, 6) is 0.0400. The van der Waals surface area contributed by atoms with Crippen molar-refractivity contribution < 1.29 is 4.79 Å². The number of nitrogens with one attached hydrogen (secondary N) is 1. The van der Waals surface area contributed by atoms with Gasteiger partial charge >= 0.3 is 0 Å². The van der Waals surface area contributed by atoms with E-state index in [0.717, 1.165) is 24.3 Å². The van der Waals surface area contributed by atoms with Crippen molar-refractivity contribution in [2.24, 2.45) is 0 Å². The third-order valence-corrected chi connectivity index (χ3v) is 2.78. The van der Waals surface area contributed by atoms with E-state index < -0.39 is 0 Å². The average Bonchev–Trinajstić information content (AvgIpc) is 2.29. The van der Waals surface area contributed by atoms with Gasteiger partial charge in [0.25, 0.3) is 0 Å². The van der Waals surface area contributed by atoms with Gasteiger partial charge in [-0.2, -0.15) is 0 Å². The molecule has 0 radical (unpaired) electrons. The van der Waals surface area contributed by atoms with Gasteiger partial charge in [0, 0.05) is 24.3 Å². The number of carbonyl (C=O) groups excluding carboxylic acids is 1. The smallest absolute Gasteiger partial charge is 0.225 e. The zero-order chi connectivity index (χ0) is 12.8. The summed E-state index contributed by atoms with van der Waals surface area (Å²) in [6.07, 6.45) is 0.508. The minimum Gasteiger partial charge on any atom is -0.399 e. The first-order valence-electron chi connectivity index (χ1n) is 5.87. The molecule has 0 bridgehead atoms. The maximum absolute atomic E-state index is 11.7. The highest BCUT2D eigenvalue weighted by Gasteiger charge is 2.06. The number of nitrogens with two attached hydrogens (primary N) is 1. The van der Waals surface area contributed by atoms with Gasteiger partial charge in [-0.1, -0.05) is 6.92 Å². The summed E-state index contributed by atoms with van der Waals surface area (Å²) >= 11 is 0. The van der Waals surface area contributed by atoms with Gasteiger partial charge in [-0.3, -0.25) is 4.79 Å². The lowest BCUT2D eigenvalue weighted by molar-refractivity contribution is -0.116. The number of nitrogens with zero attached hydrogens (tertiary/aromatic N) is 1. The van der Waals surface area contributed by atoms with Crippen molar-refractivity contribution in [1.29, 1.82) is 0 Å². The number of hydrogen-bond acceptors (Lipinski definition) is 3. The van der Waals surface area contributed by atoms with Crippen LogP contribution in [0.25, 0.3) is 0 Å². The van der Waals surface area contributed by atoms with Gasteiger partial charge in [-0.05, 0) is 44.3 Å². The van der Waals surface area contributed by atoms with Crippen LogP contribution in [0.1, 0.15) is 18.9 Å². The van der Waals surface area contributed by atoms with E-state index in [2.05, 4.69) is 17.1 Å². The van der Waals surface area contributed by atoms with E-state index in [1.807, 2.05) is 26.1 Å². The van der Waals surface area contributed by atoms with Crippen LogP contribution in [0.4, 0.5) is 11.4 Å². The van der Waals surface area contributed by atoms with E-state index in [4.69, 9.17) is 5.73 Å². The van der Waals surface area contributed by atoms with Crippen molar-refractivity contribution in [3.8, 4) is 0 Å². The zero-order valence-electron chi connectivity index (χ0n) is 10.8. The molecule has 1 amide bonds. The second kappa shape index (κ2) is 6.25. The van der Waals surface area contributed by atoms with Gasteiger partial charge in [-0.25, -0.2) is 0 Å². The van der Waals surface area contributed by atoms with Gasteiger partial charge < -0.3 is 16.0 Å². The number of rotatable bonds is 5. The number of aryl methyl sites for hydroxylation is 1. The molecule has 0 saturated heterocycles. The van der Waals surface area contributed by atoms with E-state index in [-0.39, 0.29) is 5.91 Å². The van der Waals surface area contributed by atoms with Crippen LogP contribution in [0, 0.1) is 6.92 Å². The number of benzene rings is 1. The minimum atomic E-state index is 0.0400. The van der Waals surface area contributed by atoms with E-state index in [1.165, 1.54) is 0 Å². The molecule has 0 unspecified atom stereocenters. The Balaban J connectivity index is 2.50. The quantitative estimate of drug-likeness (QED) is 0.766. The molecule has 1 aromatic carbocycles. The van der Waals surface area contributed by atoms with Gasteiger partial charge in [0.2, 0.25) is 5.91 Å². The van der Waals surface area contributed by atoms with Crippen molar-refractivity contribution in [1.82, 2.24) is 4.90 Å². The number of amides is 1. The fourth-order valence-electron chi connectivity index (χ4n) is 1.49. The first-order valence-corrected chi connectivity index (χ1v) is 5.87. The summed E-state index contributed by atoms with van der Waals surface area (Å²) in [4.78, 5) is 13.8. The molecule has 0 aliphatic carbocycles. The second-order valence-corrected chi connectivity index (χ2v) is 4.27. The van der Waals surface area contributed by atoms with Gasteiger partial charge in [0.15, 0.2) is 0 Å². The Morgan fingerprint density at radius 2 is 2.18 bits per heavy atom. The molecule has 0 aromatic heterocycles. The number of carbonyl (C=O) groups is 1. The maximum Gasteiger partial charge on any atom is 0.225 e. The Morgan fingerprint density at radius 1 is 1.47 bits per heavy atom. The highest BCUT2D eigenvalue weighted by molar-refractivity contribution is 5.91. The van der Waals surface area contributed by atoms with Crippen molar-refractivity contribution in [2.75, 3.05) is 31.2 Å². The van der Waals surface area contributed by atoms with Gasteiger partial charge in [0.05, 0.1) is 0 Å². The lowest BCUT2D eigenvalue weighted by atomic mass is 10.2. The first-order chi connectivity index (χ1) is 8.02.